The Hall–Kier alpha value is -6.49. The van der Waals surface area contributed by atoms with Crippen LogP contribution in [0.2, 0.25) is 0 Å². The lowest BCUT2D eigenvalue weighted by atomic mass is 9.93. The third-order valence-corrected chi connectivity index (χ3v) is 11.4. The monoisotopic (exact) mass is 665 g/mol. The standard InChI is InChI=1S/C47H27N3S/c1-2-12-30(13-3-1)45-48-46(32-24-23-28-11-4-5-14-31(28)25-32)50-47(49-45)37-18-7-6-17-33(37)34-21-10-22-41-44(34)40-26-38-35-19-8-15-29-16-9-20-36(43(29)35)39(38)27-42(40)51-41/h1-27H. The smallest absolute Gasteiger partial charge is 0.164 e. The van der Waals surface area contributed by atoms with Crippen LogP contribution in [-0.4, -0.2) is 15.0 Å². The van der Waals surface area contributed by atoms with Crippen LogP contribution >= 0.6 is 11.3 Å². The Bertz CT molecular complexity index is 3030. The van der Waals surface area contributed by atoms with E-state index in [9.17, 15) is 0 Å². The van der Waals surface area contributed by atoms with Crippen molar-refractivity contribution in [3.8, 4) is 67.5 Å². The molecule has 4 heteroatoms. The van der Waals surface area contributed by atoms with Gasteiger partial charge in [0.1, 0.15) is 0 Å². The Morgan fingerprint density at radius 1 is 0.314 bits per heavy atom. The zero-order valence-corrected chi connectivity index (χ0v) is 28.2. The van der Waals surface area contributed by atoms with E-state index in [1.54, 1.807) is 0 Å². The first kappa shape index (κ1) is 28.4. The topological polar surface area (TPSA) is 38.7 Å². The number of thiophene rings is 1. The zero-order valence-electron chi connectivity index (χ0n) is 27.3. The summed E-state index contributed by atoms with van der Waals surface area (Å²) in [5.41, 5.74) is 10.4. The summed E-state index contributed by atoms with van der Waals surface area (Å²) in [6.45, 7) is 0. The molecule has 0 unspecified atom stereocenters. The first-order valence-electron chi connectivity index (χ1n) is 17.2. The van der Waals surface area contributed by atoms with Crippen LogP contribution in [0.3, 0.4) is 0 Å². The molecule has 0 saturated heterocycles. The molecule has 11 rings (SSSR count). The predicted octanol–water partition coefficient (Wildman–Crippen LogP) is 12.9. The Labute approximate surface area is 298 Å². The number of benzene rings is 8. The second-order valence-corrected chi connectivity index (χ2v) is 14.2. The van der Waals surface area contributed by atoms with Crippen molar-refractivity contribution in [1.82, 2.24) is 15.0 Å². The number of hydrogen-bond donors (Lipinski definition) is 0. The second-order valence-electron chi connectivity index (χ2n) is 13.2. The largest absolute Gasteiger partial charge is 0.208 e. The molecule has 51 heavy (non-hydrogen) atoms. The van der Waals surface area contributed by atoms with Crippen LogP contribution in [0.5, 0.6) is 0 Å². The van der Waals surface area contributed by atoms with E-state index < -0.39 is 0 Å². The predicted molar refractivity (Wildman–Crippen MR) is 214 cm³/mol. The molecule has 236 valence electrons. The fourth-order valence-electron chi connectivity index (χ4n) is 7.92. The van der Waals surface area contributed by atoms with Crippen LogP contribution in [0.4, 0.5) is 0 Å². The van der Waals surface area contributed by atoms with E-state index in [0.717, 1.165) is 27.6 Å². The van der Waals surface area contributed by atoms with Gasteiger partial charge < -0.3 is 0 Å². The minimum atomic E-state index is 0.655. The van der Waals surface area contributed by atoms with Crippen LogP contribution in [0.25, 0.3) is 109 Å². The molecule has 0 amide bonds. The van der Waals surface area contributed by atoms with Crippen LogP contribution in [-0.2, 0) is 0 Å². The van der Waals surface area contributed by atoms with Gasteiger partial charge in [-0.25, -0.2) is 15.0 Å². The minimum Gasteiger partial charge on any atom is -0.208 e. The summed E-state index contributed by atoms with van der Waals surface area (Å²) in [4.78, 5) is 15.4. The number of nitrogens with zero attached hydrogens (tertiary/aromatic N) is 3. The van der Waals surface area contributed by atoms with Gasteiger partial charge in [-0.3, -0.25) is 0 Å². The minimum absolute atomic E-state index is 0.655. The van der Waals surface area contributed by atoms with E-state index in [1.165, 1.54) is 64.1 Å². The highest BCUT2D eigenvalue weighted by Crippen LogP contribution is 2.51. The molecule has 3 nitrogen and oxygen atoms in total. The van der Waals surface area contributed by atoms with E-state index >= 15 is 0 Å². The first-order valence-corrected chi connectivity index (χ1v) is 18.0. The van der Waals surface area contributed by atoms with Crippen LogP contribution in [0.15, 0.2) is 164 Å². The van der Waals surface area contributed by atoms with Gasteiger partial charge in [0.2, 0.25) is 0 Å². The molecule has 0 N–H and O–H groups in total. The molecule has 2 aromatic heterocycles. The Morgan fingerprint density at radius 2 is 0.902 bits per heavy atom. The summed E-state index contributed by atoms with van der Waals surface area (Å²) in [5.74, 6) is 1.96. The normalized spacial score (nSPS) is 11.9. The Morgan fingerprint density at radius 3 is 1.71 bits per heavy atom. The lowest BCUT2D eigenvalue weighted by molar-refractivity contribution is 1.07. The third kappa shape index (κ3) is 4.40. The number of hydrogen-bond acceptors (Lipinski definition) is 4. The maximum Gasteiger partial charge on any atom is 0.164 e. The molecule has 0 aliphatic heterocycles. The molecule has 2 heterocycles. The van der Waals surface area contributed by atoms with Crippen LogP contribution < -0.4 is 0 Å². The molecule has 0 radical (unpaired) electrons. The average Bonchev–Trinajstić information content (AvgIpc) is 3.73. The summed E-state index contributed by atoms with van der Waals surface area (Å²) in [7, 11) is 0. The van der Waals surface area contributed by atoms with Crippen molar-refractivity contribution in [2.75, 3.05) is 0 Å². The van der Waals surface area contributed by atoms with Crippen molar-refractivity contribution < 1.29 is 0 Å². The molecule has 0 atom stereocenters. The van der Waals surface area contributed by atoms with Crippen LogP contribution in [0.1, 0.15) is 0 Å². The quantitative estimate of drug-likeness (QED) is 0.188. The summed E-state index contributed by atoms with van der Waals surface area (Å²) >= 11 is 1.87. The van der Waals surface area contributed by atoms with E-state index in [-0.39, 0.29) is 0 Å². The highest BCUT2D eigenvalue weighted by Gasteiger charge is 2.24. The van der Waals surface area contributed by atoms with Crippen molar-refractivity contribution >= 4 is 53.1 Å². The van der Waals surface area contributed by atoms with E-state index in [4.69, 9.17) is 15.0 Å². The van der Waals surface area contributed by atoms with Gasteiger partial charge in [-0.2, -0.15) is 0 Å². The number of aromatic nitrogens is 3. The Kier molecular flexibility index (Phi) is 6.12. The maximum atomic E-state index is 5.19. The number of rotatable bonds is 4. The molecule has 0 bridgehead atoms. The number of fused-ring (bicyclic) bond motifs is 7. The zero-order chi connectivity index (χ0) is 33.5. The molecule has 1 aliphatic carbocycles. The van der Waals surface area contributed by atoms with Gasteiger partial charge in [-0.1, -0.05) is 140 Å². The third-order valence-electron chi connectivity index (χ3n) is 10.3. The Balaban J connectivity index is 1.13. The van der Waals surface area contributed by atoms with Crippen molar-refractivity contribution in [3.63, 3.8) is 0 Å². The van der Waals surface area contributed by atoms with Gasteiger partial charge in [0.05, 0.1) is 0 Å². The summed E-state index contributed by atoms with van der Waals surface area (Å²) < 4.78 is 2.56. The van der Waals surface area contributed by atoms with E-state index in [0.29, 0.717) is 17.5 Å². The van der Waals surface area contributed by atoms with Gasteiger partial charge >= 0.3 is 0 Å². The van der Waals surface area contributed by atoms with E-state index in [2.05, 4.69) is 146 Å². The highest BCUT2D eigenvalue weighted by molar-refractivity contribution is 7.26. The molecule has 8 aromatic carbocycles. The molecule has 1 aliphatic rings. The van der Waals surface area contributed by atoms with Crippen molar-refractivity contribution in [3.05, 3.63) is 164 Å². The summed E-state index contributed by atoms with van der Waals surface area (Å²) in [6.07, 6.45) is 0. The molecule has 0 saturated carbocycles. The second kappa shape index (κ2) is 11.0. The average molecular weight is 666 g/mol. The maximum absolute atomic E-state index is 5.19. The summed E-state index contributed by atoms with van der Waals surface area (Å²) in [5, 5.41) is 7.53. The van der Waals surface area contributed by atoms with Crippen molar-refractivity contribution in [2.45, 2.75) is 0 Å². The van der Waals surface area contributed by atoms with Gasteiger partial charge in [-0.05, 0) is 79.2 Å². The molecular weight excluding hydrogens is 639 g/mol. The molecule has 0 fully saturated rings. The fourth-order valence-corrected chi connectivity index (χ4v) is 9.07. The van der Waals surface area contributed by atoms with Gasteiger partial charge in [0.25, 0.3) is 0 Å². The molecule has 10 aromatic rings. The SMILES string of the molecule is c1ccc(-c2nc(-c3ccc4ccccc4c3)nc(-c3ccccc3-c3cccc4sc5cc6c(cc5c34)-c3cccc4cccc-6c34)n2)cc1. The molecular formula is C47H27N3S. The van der Waals surface area contributed by atoms with Gasteiger partial charge in [-0.15, -0.1) is 11.3 Å². The van der Waals surface area contributed by atoms with Gasteiger partial charge in [0, 0.05) is 36.9 Å². The first-order chi connectivity index (χ1) is 25.3. The van der Waals surface area contributed by atoms with E-state index in [1.807, 2.05) is 29.5 Å². The van der Waals surface area contributed by atoms with Gasteiger partial charge in [0.15, 0.2) is 17.5 Å². The van der Waals surface area contributed by atoms with Crippen LogP contribution in [0, 0.1) is 0 Å². The van der Waals surface area contributed by atoms with Crippen molar-refractivity contribution in [1.29, 1.82) is 0 Å². The lowest BCUT2D eigenvalue weighted by Gasteiger charge is -2.13. The molecule has 0 spiro atoms. The highest BCUT2D eigenvalue weighted by atomic mass is 32.1. The van der Waals surface area contributed by atoms with Crippen molar-refractivity contribution in [2.24, 2.45) is 0 Å². The summed E-state index contributed by atoms with van der Waals surface area (Å²) in [6, 6.07) is 58.4. The fraction of sp³-hybridized carbons (Fsp3) is 0. The lowest BCUT2D eigenvalue weighted by Crippen LogP contribution is -2.01.